The Bertz CT molecular complexity index is 1160. The van der Waals surface area contributed by atoms with Gasteiger partial charge in [0, 0.05) is 29.5 Å². The van der Waals surface area contributed by atoms with Gasteiger partial charge in [0.1, 0.15) is 0 Å². The van der Waals surface area contributed by atoms with Crippen molar-refractivity contribution >= 4 is 10.8 Å². The number of fused-ring (bicyclic) bond motifs is 1. The molecule has 3 heterocycles. The molecule has 0 aliphatic rings. The molecular formula is C18H12FN5O2. The van der Waals surface area contributed by atoms with Gasteiger partial charge >= 0.3 is 0 Å². The first-order valence-corrected chi connectivity index (χ1v) is 7.67. The molecule has 128 valence electrons. The number of hydrogen-bond donors (Lipinski definition) is 0. The molecule has 1 aromatic carbocycles. The van der Waals surface area contributed by atoms with Crippen LogP contribution in [-0.4, -0.2) is 31.8 Å². The fourth-order valence-corrected chi connectivity index (χ4v) is 2.65. The zero-order valence-electron chi connectivity index (χ0n) is 13.6. The van der Waals surface area contributed by atoms with Crippen LogP contribution in [0.4, 0.5) is 4.39 Å². The van der Waals surface area contributed by atoms with Crippen LogP contribution in [0.15, 0.2) is 59.9 Å². The zero-order chi connectivity index (χ0) is 18.1. The van der Waals surface area contributed by atoms with Crippen molar-refractivity contribution in [2.24, 2.45) is 0 Å². The summed E-state index contributed by atoms with van der Waals surface area (Å²) >= 11 is 0. The third-order valence-corrected chi connectivity index (χ3v) is 3.89. The van der Waals surface area contributed by atoms with Crippen LogP contribution < -0.4 is 10.3 Å². The highest BCUT2D eigenvalue weighted by atomic mass is 19.1. The maximum absolute atomic E-state index is 14.4. The van der Waals surface area contributed by atoms with E-state index in [1.165, 1.54) is 31.9 Å². The van der Waals surface area contributed by atoms with Crippen LogP contribution >= 0.6 is 0 Å². The summed E-state index contributed by atoms with van der Waals surface area (Å²) in [5.41, 5.74) is 0.563. The van der Waals surface area contributed by atoms with Gasteiger partial charge in [-0.1, -0.05) is 6.07 Å². The normalized spacial score (nSPS) is 10.8. The van der Waals surface area contributed by atoms with E-state index in [2.05, 4.69) is 20.1 Å². The van der Waals surface area contributed by atoms with Gasteiger partial charge in [0.25, 0.3) is 17.4 Å². The summed E-state index contributed by atoms with van der Waals surface area (Å²) in [6, 6.07) is 8.18. The number of benzene rings is 1. The van der Waals surface area contributed by atoms with Gasteiger partial charge in [-0.05, 0) is 29.8 Å². The van der Waals surface area contributed by atoms with E-state index in [1.807, 2.05) is 0 Å². The van der Waals surface area contributed by atoms with Crippen molar-refractivity contribution in [3.05, 3.63) is 71.3 Å². The Kier molecular flexibility index (Phi) is 3.85. The molecule has 0 atom stereocenters. The first-order chi connectivity index (χ1) is 12.7. The lowest BCUT2D eigenvalue weighted by Gasteiger charge is -2.08. The van der Waals surface area contributed by atoms with Gasteiger partial charge < -0.3 is 4.74 Å². The minimum Gasteiger partial charge on any atom is -0.479 e. The van der Waals surface area contributed by atoms with Crippen molar-refractivity contribution in [1.29, 1.82) is 0 Å². The van der Waals surface area contributed by atoms with E-state index in [0.717, 1.165) is 4.68 Å². The number of pyridine rings is 1. The summed E-state index contributed by atoms with van der Waals surface area (Å²) in [5, 5.41) is 5.12. The second kappa shape index (κ2) is 6.32. The number of ether oxygens (including phenoxy) is 1. The molecule has 0 saturated carbocycles. The van der Waals surface area contributed by atoms with Crippen LogP contribution in [0.5, 0.6) is 5.88 Å². The first-order valence-electron chi connectivity index (χ1n) is 7.67. The molecule has 0 saturated heterocycles. The standard InChI is InChI=1S/C18H12FN5O2/c1-26-16-15(19)13(5-8-20-16)11-3-4-14-12(9-11)10-23-24(17(14)25)18-21-6-2-7-22-18/h2-10H,1H3. The lowest BCUT2D eigenvalue weighted by Crippen LogP contribution is -2.22. The molecule has 0 unspecified atom stereocenters. The van der Waals surface area contributed by atoms with Crippen molar-refractivity contribution in [1.82, 2.24) is 24.7 Å². The lowest BCUT2D eigenvalue weighted by atomic mass is 10.0. The average Bonchev–Trinajstić information content (AvgIpc) is 2.69. The van der Waals surface area contributed by atoms with Gasteiger partial charge in [-0.15, -0.1) is 0 Å². The number of methoxy groups -OCH3 is 1. The number of nitrogens with zero attached hydrogens (tertiary/aromatic N) is 5. The molecule has 7 nitrogen and oxygen atoms in total. The van der Waals surface area contributed by atoms with Crippen molar-refractivity contribution in [3.8, 4) is 23.0 Å². The van der Waals surface area contributed by atoms with E-state index in [-0.39, 0.29) is 17.4 Å². The molecule has 8 heteroatoms. The minimum atomic E-state index is -0.562. The second-order valence-electron chi connectivity index (χ2n) is 5.39. The molecular weight excluding hydrogens is 337 g/mol. The molecule has 0 spiro atoms. The molecule has 0 amide bonds. The third-order valence-electron chi connectivity index (χ3n) is 3.89. The Morgan fingerprint density at radius 1 is 1.08 bits per heavy atom. The second-order valence-corrected chi connectivity index (χ2v) is 5.39. The highest BCUT2D eigenvalue weighted by Crippen LogP contribution is 2.28. The van der Waals surface area contributed by atoms with Crippen molar-refractivity contribution in [2.45, 2.75) is 0 Å². The van der Waals surface area contributed by atoms with Crippen LogP contribution in [0.3, 0.4) is 0 Å². The van der Waals surface area contributed by atoms with E-state index in [1.54, 1.807) is 30.3 Å². The van der Waals surface area contributed by atoms with Gasteiger partial charge in [0.2, 0.25) is 0 Å². The van der Waals surface area contributed by atoms with Crippen LogP contribution in [0.2, 0.25) is 0 Å². The van der Waals surface area contributed by atoms with Gasteiger partial charge in [0.15, 0.2) is 5.82 Å². The Morgan fingerprint density at radius 2 is 1.88 bits per heavy atom. The van der Waals surface area contributed by atoms with Crippen molar-refractivity contribution in [3.63, 3.8) is 0 Å². The number of rotatable bonds is 3. The van der Waals surface area contributed by atoms with Crippen LogP contribution in [-0.2, 0) is 0 Å². The molecule has 0 aliphatic carbocycles. The largest absolute Gasteiger partial charge is 0.479 e. The summed E-state index contributed by atoms with van der Waals surface area (Å²) in [6.45, 7) is 0. The monoisotopic (exact) mass is 349 g/mol. The van der Waals surface area contributed by atoms with Gasteiger partial charge in [-0.2, -0.15) is 9.78 Å². The van der Waals surface area contributed by atoms with Crippen LogP contribution in [0.1, 0.15) is 0 Å². The molecule has 0 fully saturated rings. The number of hydrogen-bond acceptors (Lipinski definition) is 6. The molecule has 3 aromatic heterocycles. The Hall–Kier alpha value is -3.68. The van der Waals surface area contributed by atoms with Gasteiger partial charge in [0.05, 0.1) is 18.7 Å². The molecule has 0 aliphatic heterocycles. The summed E-state index contributed by atoms with van der Waals surface area (Å²) in [6.07, 6.45) is 6.05. The molecule has 0 radical (unpaired) electrons. The number of halogens is 1. The lowest BCUT2D eigenvalue weighted by molar-refractivity contribution is 0.370. The fraction of sp³-hybridized carbons (Fsp3) is 0.0556. The van der Waals surface area contributed by atoms with Crippen LogP contribution in [0.25, 0.3) is 27.8 Å². The van der Waals surface area contributed by atoms with Gasteiger partial charge in [-0.25, -0.2) is 19.3 Å². The van der Waals surface area contributed by atoms with Crippen LogP contribution in [0, 0.1) is 5.82 Å². The van der Waals surface area contributed by atoms with E-state index >= 15 is 0 Å². The molecule has 0 bridgehead atoms. The zero-order valence-corrected chi connectivity index (χ0v) is 13.6. The van der Waals surface area contributed by atoms with E-state index < -0.39 is 5.82 Å². The molecule has 26 heavy (non-hydrogen) atoms. The predicted octanol–water partition coefficient (Wildman–Crippen LogP) is 2.39. The summed E-state index contributed by atoms with van der Waals surface area (Å²) in [5.74, 6) is -0.459. The minimum absolute atomic E-state index is 0.0858. The van der Waals surface area contributed by atoms with E-state index in [0.29, 0.717) is 21.9 Å². The van der Waals surface area contributed by atoms with E-state index in [9.17, 15) is 9.18 Å². The highest BCUT2D eigenvalue weighted by Gasteiger charge is 2.14. The molecule has 0 N–H and O–H groups in total. The Morgan fingerprint density at radius 3 is 2.65 bits per heavy atom. The fourth-order valence-electron chi connectivity index (χ4n) is 2.65. The Balaban J connectivity index is 1.87. The van der Waals surface area contributed by atoms with Crippen molar-refractivity contribution in [2.75, 3.05) is 7.11 Å². The summed E-state index contributed by atoms with van der Waals surface area (Å²) < 4.78 is 20.5. The predicted molar refractivity (Wildman–Crippen MR) is 92.7 cm³/mol. The Labute approximate surface area is 146 Å². The van der Waals surface area contributed by atoms with E-state index in [4.69, 9.17) is 4.74 Å². The SMILES string of the molecule is COc1nccc(-c2ccc3c(=O)n(-c4ncccn4)ncc3c2)c1F. The highest BCUT2D eigenvalue weighted by molar-refractivity contribution is 5.86. The average molecular weight is 349 g/mol. The topological polar surface area (TPSA) is 82.8 Å². The molecule has 4 rings (SSSR count). The quantitative estimate of drug-likeness (QED) is 0.565. The van der Waals surface area contributed by atoms with Gasteiger partial charge in [-0.3, -0.25) is 4.79 Å². The maximum Gasteiger partial charge on any atom is 0.282 e. The maximum atomic E-state index is 14.4. The molecule has 4 aromatic rings. The van der Waals surface area contributed by atoms with Crippen molar-refractivity contribution < 1.29 is 9.13 Å². The summed E-state index contributed by atoms with van der Waals surface area (Å²) in [7, 11) is 1.35. The smallest absolute Gasteiger partial charge is 0.282 e. The summed E-state index contributed by atoms with van der Waals surface area (Å²) in [4.78, 5) is 24.6. The first kappa shape index (κ1) is 15.8. The number of aromatic nitrogens is 5. The third kappa shape index (κ3) is 2.57.